The molecule has 0 saturated heterocycles. The number of hydrogen-bond acceptors (Lipinski definition) is 3. The van der Waals surface area contributed by atoms with E-state index in [9.17, 15) is 0 Å². The molecular formula is C65H51NO2. The maximum atomic E-state index is 6.98. The summed E-state index contributed by atoms with van der Waals surface area (Å²) >= 11 is 0. The Morgan fingerprint density at radius 2 is 0.868 bits per heavy atom. The van der Waals surface area contributed by atoms with Crippen LogP contribution in [0.1, 0.15) is 86.1 Å². The zero-order chi connectivity index (χ0) is 46.2. The van der Waals surface area contributed by atoms with Gasteiger partial charge in [-0.25, -0.2) is 0 Å². The fourth-order valence-corrected chi connectivity index (χ4v) is 13.2. The number of aryl methyl sites for hydroxylation is 2. The van der Waals surface area contributed by atoms with Crippen LogP contribution in [0.4, 0.5) is 17.1 Å². The van der Waals surface area contributed by atoms with Crippen LogP contribution in [0.2, 0.25) is 0 Å². The molecule has 0 fully saturated rings. The average Bonchev–Trinajstić information content (AvgIpc) is 4.09. The van der Waals surface area contributed by atoms with Crippen molar-refractivity contribution in [3.05, 3.63) is 208 Å². The van der Waals surface area contributed by atoms with E-state index in [4.69, 9.17) is 8.83 Å². The van der Waals surface area contributed by atoms with Gasteiger partial charge in [-0.3, -0.25) is 0 Å². The molecule has 0 radical (unpaired) electrons. The number of rotatable bonds is 4. The largest absolute Gasteiger partial charge is 0.455 e. The van der Waals surface area contributed by atoms with Crippen molar-refractivity contribution >= 4 is 60.9 Å². The van der Waals surface area contributed by atoms with Crippen LogP contribution < -0.4 is 4.90 Å². The smallest absolute Gasteiger partial charge is 0.144 e. The van der Waals surface area contributed by atoms with Gasteiger partial charge in [0.1, 0.15) is 22.3 Å². The SMILES string of the molecule is Cc1ccccc1-c1cc2c(c3c1oc1ccccc13)-c1ccc(N(c3ccc4c(c3)C(C)(C)c3c5c(c6oc7ccccc7c6c3-4)-c3ccccc3C5(C)C)c3ccccc3C)cc1C2(C)C. The molecule has 0 bridgehead atoms. The fourth-order valence-electron chi connectivity index (χ4n) is 13.2. The molecule has 0 amide bonds. The second-order valence-electron chi connectivity index (χ2n) is 21.3. The molecule has 0 spiro atoms. The van der Waals surface area contributed by atoms with Crippen LogP contribution in [-0.4, -0.2) is 0 Å². The quantitative estimate of drug-likeness (QED) is 0.176. The van der Waals surface area contributed by atoms with Crippen LogP contribution in [0.15, 0.2) is 173 Å². The van der Waals surface area contributed by atoms with Crippen molar-refractivity contribution in [3.63, 3.8) is 0 Å². The summed E-state index contributed by atoms with van der Waals surface area (Å²) < 4.78 is 13.8. The summed E-state index contributed by atoms with van der Waals surface area (Å²) in [6.45, 7) is 19.0. The molecule has 3 aliphatic carbocycles. The van der Waals surface area contributed by atoms with Crippen molar-refractivity contribution in [2.24, 2.45) is 0 Å². The van der Waals surface area contributed by atoms with Crippen LogP contribution in [0.25, 0.3) is 88.4 Å². The van der Waals surface area contributed by atoms with E-state index in [-0.39, 0.29) is 16.2 Å². The van der Waals surface area contributed by atoms with Crippen LogP contribution in [-0.2, 0) is 16.2 Å². The summed E-state index contributed by atoms with van der Waals surface area (Å²) in [4.78, 5) is 2.50. The van der Waals surface area contributed by atoms with Crippen LogP contribution in [0.5, 0.6) is 0 Å². The van der Waals surface area contributed by atoms with E-state index in [1.165, 1.54) is 105 Å². The van der Waals surface area contributed by atoms with Crippen LogP contribution in [0, 0.1) is 13.8 Å². The highest BCUT2D eigenvalue weighted by Gasteiger charge is 2.49. The minimum atomic E-state index is -0.316. The Morgan fingerprint density at radius 1 is 0.368 bits per heavy atom. The highest BCUT2D eigenvalue weighted by atomic mass is 16.3. The second-order valence-corrected chi connectivity index (χ2v) is 21.3. The highest BCUT2D eigenvalue weighted by molar-refractivity contribution is 6.21. The third kappa shape index (κ3) is 4.93. The number of benzene rings is 9. The highest BCUT2D eigenvalue weighted by Crippen LogP contribution is 2.64. The van der Waals surface area contributed by atoms with E-state index in [0.29, 0.717) is 0 Å². The minimum Gasteiger partial charge on any atom is -0.455 e. The van der Waals surface area contributed by atoms with E-state index in [2.05, 4.69) is 224 Å². The Morgan fingerprint density at radius 3 is 1.54 bits per heavy atom. The van der Waals surface area contributed by atoms with Crippen LogP contribution >= 0.6 is 0 Å². The number of nitrogens with zero attached hydrogens (tertiary/aromatic N) is 1. The fraction of sp³-hybridized carbons (Fsp3) is 0.169. The number of para-hydroxylation sites is 3. The minimum absolute atomic E-state index is 0.220. The Hall–Kier alpha value is -7.62. The first kappa shape index (κ1) is 39.5. The molecule has 0 aliphatic heterocycles. The van der Waals surface area contributed by atoms with Gasteiger partial charge in [-0.15, -0.1) is 0 Å². The Bertz CT molecular complexity index is 4040. The third-order valence-corrected chi connectivity index (χ3v) is 16.5. The van der Waals surface area contributed by atoms with E-state index in [1.807, 2.05) is 0 Å². The lowest BCUT2D eigenvalue weighted by Crippen LogP contribution is -2.24. The topological polar surface area (TPSA) is 29.5 Å². The van der Waals surface area contributed by atoms with Gasteiger partial charge in [-0.05, 0) is 140 Å². The lowest BCUT2D eigenvalue weighted by molar-refractivity contribution is 0.600. The van der Waals surface area contributed by atoms with Gasteiger partial charge in [-0.1, -0.05) is 157 Å². The van der Waals surface area contributed by atoms with Crippen molar-refractivity contribution in [3.8, 4) is 44.5 Å². The molecule has 0 unspecified atom stereocenters. The maximum absolute atomic E-state index is 6.98. The molecule has 3 heteroatoms. The van der Waals surface area contributed by atoms with E-state index in [0.717, 1.165) is 44.7 Å². The van der Waals surface area contributed by atoms with Gasteiger partial charge in [-0.2, -0.15) is 0 Å². The molecule has 68 heavy (non-hydrogen) atoms. The number of fused-ring (bicyclic) bond motifs is 19. The zero-order valence-corrected chi connectivity index (χ0v) is 39.9. The van der Waals surface area contributed by atoms with E-state index in [1.54, 1.807) is 0 Å². The summed E-state index contributed by atoms with van der Waals surface area (Å²) in [6, 6.07) is 60.6. The molecule has 0 saturated carbocycles. The van der Waals surface area contributed by atoms with Gasteiger partial charge in [0.05, 0.1) is 0 Å². The van der Waals surface area contributed by atoms with Crippen molar-refractivity contribution < 1.29 is 8.83 Å². The molecule has 2 heterocycles. The molecular weight excluding hydrogens is 827 g/mol. The Balaban J connectivity index is 0.992. The molecule has 11 aromatic rings. The normalized spacial score (nSPS) is 15.4. The Labute approximate surface area is 397 Å². The molecule has 3 aliphatic rings. The van der Waals surface area contributed by atoms with Crippen LogP contribution in [0.3, 0.4) is 0 Å². The first-order valence-electron chi connectivity index (χ1n) is 24.2. The lowest BCUT2D eigenvalue weighted by Gasteiger charge is -2.32. The monoisotopic (exact) mass is 877 g/mol. The van der Waals surface area contributed by atoms with Crippen molar-refractivity contribution in [2.45, 2.75) is 71.6 Å². The predicted octanol–water partition coefficient (Wildman–Crippen LogP) is 18.2. The zero-order valence-electron chi connectivity index (χ0n) is 39.9. The first-order chi connectivity index (χ1) is 32.9. The van der Waals surface area contributed by atoms with Gasteiger partial charge in [0.2, 0.25) is 0 Å². The van der Waals surface area contributed by atoms with E-state index >= 15 is 0 Å². The van der Waals surface area contributed by atoms with Crippen molar-refractivity contribution in [1.29, 1.82) is 0 Å². The molecule has 0 atom stereocenters. The molecule has 0 N–H and O–H groups in total. The van der Waals surface area contributed by atoms with Crippen molar-refractivity contribution in [2.75, 3.05) is 4.90 Å². The number of furan rings is 2. The second kappa shape index (κ2) is 13.3. The van der Waals surface area contributed by atoms with Gasteiger partial charge in [0.25, 0.3) is 0 Å². The maximum Gasteiger partial charge on any atom is 0.144 e. The predicted molar refractivity (Wildman–Crippen MR) is 283 cm³/mol. The van der Waals surface area contributed by atoms with Gasteiger partial charge >= 0.3 is 0 Å². The number of anilines is 3. The summed E-state index contributed by atoms with van der Waals surface area (Å²) in [5, 5.41) is 4.75. The molecule has 14 rings (SSSR count). The van der Waals surface area contributed by atoms with E-state index < -0.39 is 0 Å². The summed E-state index contributed by atoms with van der Waals surface area (Å²) in [5.74, 6) is 0. The molecule has 3 nitrogen and oxygen atoms in total. The van der Waals surface area contributed by atoms with Gasteiger partial charge < -0.3 is 13.7 Å². The summed E-state index contributed by atoms with van der Waals surface area (Å²) in [7, 11) is 0. The summed E-state index contributed by atoms with van der Waals surface area (Å²) in [5.41, 5.74) is 27.1. The first-order valence-corrected chi connectivity index (χ1v) is 24.2. The van der Waals surface area contributed by atoms with Crippen molar-refractivity contribution in [1.82, 2.24) is 0 Å². The van der Waals surface area contributed by atoms with Gasteiger partial charge in [0, 0.05) is 66.0 Å². The average molecular weight is 878 g/mol. The standard InChI is InChI=1S/C65H51NO2/c1-36-19-9-11-21-40(36)46-35-50-54(56-44-23-13-17-27-52(44)67-61(46)56)42-31-29-38(33-48(42)63(50,3)4)66(51-26-16-10-20-37(51)2)39-30-32-43-49(34-39)65(7,8)59-55(43)57-45-24-14-18-28-53(45)68-62(57)58-41-22-12-15-25-47(41)64(5,6)60(58)59/h9-35H,1-8H3. The molecule has 9 aromatic carbocycles. The third-order valence-electron chi connectivity index (χ3n) is 16.5. The molecule has 2 aromatic heterocycles. The molecule has 328 valence electrons. The number of hydrogen-bond donors (Lipinski definition) is 0. The summed E-state index contributed by atoms with van der Waals surface area (Å²) in [6.07, 6.45) is 0. The van der Waals surface area contributed by atoms with Gasteiger partial charge in [0.15, 0.2) is 0 Å². The lowest BCUT2D eigenvalue weighted by atomic mass is 9.72. The Kier molecular flexibility index (Phi) is 7.73.